The summed E-state index contributed by atoms with van der Waals surface area (Å²) in [5.41, 5.74) is -2.08. The Morgan fingerprint density at radius 3 is 2.48 bits per heavy atom. The van der Waals surface area contributed by atoms with Crippen molar-refractivity contribution in [1.82, 2.24) is 9.88 Å². The van der Waals surface area contributed by atoms with Crippen molar-refractivity contribution in [3.05, 3.63) is 29.6 Å². The fourth-order valence-electron chi connectivity index (χ4n) is 2.18. The van der Waals surface area contributed by atoms with Crippen molar-refractivity contribution in [2.24, 2.45) is 5.41 Å². The lowest BCUT2D eigenvalue weighted by molar-refractivity contribution is -0.147. The predicted molar refractivity (Wildman–Crippen MR) is 65.5 cm³/mol. The Bertz CT molecular complexity index is 571. The summed E-state index contributed by atoms with van der Waals surface area (Å²) in [7, 11) is 0. The zero-order chi connectivity index (χ0) is 15.8. The molecule has 1 amide bonds. The molecule has 0 unspecified atom stereocenters. The van der Waals surface area contributed by atoms with E-state index in [1.807, 2.05) is 0 Å². The maximum atomic E-state index is 12.4. The monoisotopic (exact) mass is 302 g/mol. The summed E-state index contributed by atoms with van der Waals surface area (Å²) in [4.78, 5) is 27.8. The third-order valence-electron chi connectivity index (χ3n) is 3.58. The maximum Gasteiger partial charge on any atom is 0.433 e. The molecule has 2 heterocycles. The van der Waals surface area contributed by atoms with Crippen molar-refractivity contribution in [2.45, 2.75) is 19.5 Å². The maximum absolute atomic E-state index is 12.4. The van der Waals surface area contributed by atoms with E-state index in [1.165, 1.54) is 11.8 Å². The van der Waals surface area contributed by atoms with Crippen LogP contribution in [0, 0.1) is 5.41 Å². The van der Waals surface area contributed by atoms with Gasteiger partial charge in [-0.1, -0.05) is 0 Å². The van der Waals surface area contributed by atoms with Crippen LogP contribution in [-0.4, -0.2) is 40.0 Å². The van der Waals surface area contributed by atoms with Gasteiger partial charge in [0.15, 0.2) is 0 Å². The number of carbonyl (C=O) groups excluding carboxylic acids is 1. The third-order valence-corrected chi connectivity index (χ3v) is 3.58. The van der Waals surface area contributed by atoms with E-state index in [0.717, 1.165) is 18.3 Å². The number of alkyl halides is 3. The Hall–Kier alpha value is -2.12. The van der Waals surface area contributed by atoms with Crippen molar-refractivity contribution in [3.63, 3.8) is 0 Å². The van der Waals surface area contributed by atoms with Gasteiger partial charge in [0, 0.05) is 19.3 Å². The smallest absolute Gasteiger partial charge is 0.433 e. The molecule has 1 N–H and O–H groups in total. The first kappa shape index (κ1) is 15.3. The fraction of sp³-hybridized carbons (Fsp3) is 0.462. The number of halogens is 3. The van der Waals surface area contributed by atoms with Gasteiger partial charge in [-0.2, -0.15) is 13.2 Å². The van der Waals surface area contributed by atoms with Crippen LogP contribution in [0.15, 0.2) is 18.3 Å². The van der Waals surface area contributed by atoms with Gasteiger partial charge in [0.1, 0.15) is 5.69 Å². The molecule has 1 aliphatic heterocycles. The van der Waals surface area contributed by atoms with E-state index < -0.39 is 29.2 Å². The summed E-state index contributed by atoms with van der Waals surface area (Å²) >= 11 is 0. The molecule has 0 aromatic carbocycles. The van der Waals surface area contributed by atoms with Crippen molar-refractivity contribution >= 4 is 11.9 Å². The molecule has 0 spiro atoms. The van der Waals surface area contributed by atoms with Gasteiger partial charge in [-0.05, 0) is 25.5 Å². The number of hydrogen-bond donors (Lipinski definition) is 1. The molecule has 8 heteroatoms. The van der Waals surface area contributed by atoms with E-state index in [2.05, 4.69) is 4.98 Å². The number of pyridine rings is 1. The molecular formula is C13H13F3N2O3. The van der Waals surface area contributed by atoms with E-state index >= 15 is 0 Å². The molecule has 2 rings (SSSR count). The van der Waals surface area contributed by atoms with Crippen molar-refractivity contribution in [2.75, 3.05) is 13.1 Å². The highest BCUT2D eigenvalue weighted by Gasteiger charge is 2.42. The second kappa shape index (κ2) is 5.01. The summed E-state index contributed by atoms with van der Waals surface area (Å²) in [5, 5.41) is 9.09. The van der Waals surface area contributed by atoms with Crippen LogP contribution in [0.2, 0.25) is 0 Å². The molecule has 1 aromatic rings. The second-order valence-electron chi connectivity index (χ2n) is 5.27. The molecule has 0 saturated carbocycles. The molecule has 1 fully saturated rings. The average molecular weight is 302 g/mol. The van der Waals surface area contributed by atoms with Crippen LogP contribution in [-0.2, 0) is 11.0 Å². The van der Waals surface area contributed by atoms with Gasteiger partial charge in [-0.3, -0.25) is 14.6 Å². The zero-order valence-corrected chi connectivity index (χ0v) is 11.1. The van der Waals surface area contributed by atoms with E-state index in [4.69, 9.17) is 5.11 Å². The summed E-state index contributed by atoms with van der Waals surface area (Å²) in [6.07, 6.45) is -3.39. The van der Waals surface area contributed by atoms with E-state index in [9.17, 15) is 22.8 Å². The van der Waals surface area contributed by atoms with Gasteiger partial charge in [0.2, 0.25) is 0 Å². The number of carboxylic acid groups (broad SMARTS) is 1. The number of hydrogen-bond acceptors (Lipinski definition) is 3. The lowest BCUT2D eigenvalue weighted by Gasteiger charge is -2.20. The normalized spacial score (nSPS) is 22.4. The summed E-state index contributed by atoms with van der Waals surface area (Å²) < 4.78 is 37.2. The number of aromatic nitrogens is 1. The summed E-state index contributed by atoms with van der Waals surface area (Å²) in [6, 6.07) is 1.79. The molecule has 1 saturated heterocycles. The molecular weight excluding hydrogens is 289 g/mol. The molecule has 0 radical (unpaired) electrons. The standard InChI is InChI=1S/C13H13F3N2O3/c1-12(11(20)21)4-5-18(7-12)10(19)8-2-3-9(17-6-8)13(14,15)16/h2-3,6H,4-5,7H2,1H3,(H,20,21)/t12-/m0/s1. The van der Waals surface area contributed by atoms with Gasteiger partial charge in [0.25, 0.3) is 5.91 Å². The van der Waals surface area contributed by atoms with Gasteiger partial charge in [-0.25, -0.2) is 0 Å². The lowest BCUT2D eigenvalue weighted by Crippen LogP contribution is -2.34. The molecule has 21 heavy (non-hydrogen) atoms. The molecule has 0 aliphatic carbocycles. The quantitative estimate of drug-likeness (QED) is 0.907. The van der Waals surface area contributed by atoms with Gasteiger partial charge < -0.3 is 10.0 Å². The van der Waals surface area contributed by atoms with Gasteiger partial charge in [-0.15, -0.1) is 0 Å². The Morgan fingerprint density at radius 1 is 1.38 bits per heavy atom. The molecule has 5 nitrogen and oxygen atoms in total. The lowest BCUT2D eigenvalue weighted by atomic mass is 9.90. The molecule has 1 aliphatic rings. The number of likely N-dealkylation sites (tertiary alicyclic amines) is 1. The van der Waals surface area contributed by atoms with Crippen molar-refractivity contribution in [3.8, 4) is 0 Å². The molecule has 0 bridgehead atoms. The highest BCUT2D eigenvalue weighted by molar-refractivity contribution is 5.94. The molecule has 114 valence electrons. The number of aliphatic carboxylic acids is 1. The molecule has 1 atom stereocenters. The Morgan fingerprint density at radius 2 is 2.05 bits per heavy atom. The Balaban J connectivity index is 2.13. The van der Waals surface area contributed by atoms with Crippen LogP contribution in [0.3, 0.4) is 0 Å². The predicted octanol–water partition coefficient (Wildman–Crippen LogP) is 2.04. The minimum atomic E-state index is -4.56. The van der Waals surface area contributed by atoms with E-state index in [0.29, 0.717) is 6.42 Å². The van der Waals surface area contributed by atoms with Crippen LogP contribution in [0.5, 0.6) is 0 Å². The average Bonchev–Trinajstić information content (AvgIpc) is 2.81. The van der Waals surface area contributed by atoms with Crippen LogP contribution >= 0.6 is 0 Å². The van der Waals surface area contributed by atoms with Crippen molar-refractivity contribution in [1.29, 1.82) is 0 Å². The topological polar surface area (TPSA) is 70.5 Å². The summed E-state index contributed by atoms with van der Waals surface area (Å²) in [6.45, 7) is 1.82. The minimum absolute atomic E-state index is 0.0117. The summed E-state index contributed by atoms with van der Waals surface area (Å²) in [5.74, 6) is -1.51. The van der Waals surface area contributed by atoms with Crippen molar-refractivity contribution < 1.29 is 27.9 Å². The second-order valence-corrected chi connectivity index (χ2v) is 5.27. The number of carboxylic acids is 1. The first-order valence-corrected chi connectivity index (χ1v) is 6.19. The highest BCUT2D eigenvalue weighted by atomic mass is 19.4. The van der Waals surface area contributed by atoms with Gasteiger partial charge >= 0.3 is 12.1 Å². The highest BCUT2D eigenvalue weighted by Crippen LogP contribution is 2.31. The van der Waals surface area contributed by atoms with E-state index in [-0.39, 0.29) is 18.7 Å². The fourth-order valence-corrected chi connectivity index (χ4v) is 2.18. The third kappa shape index (κ3) is 2.98. The number of amides is 1. The largest absolute Gasteiger partial charge is 0.481 e. The first-order chi connectivity index (χ1) is 9.63. The Kier molecular flexibility index (Phi) is 3.65. The van der Waals surface area contributed by atoms with Crippen LogP contribution in [0.1, 0.15) is 29.4 Å². The van der Waals surface area contributed by atoms with Gasteiger partial charge in [0.05, 0.1) is 11.0 Å². The zero-order valence-electron chi connectivity index (χ0n) is 11.1. The van der Waals surface area contributed by atoms with E-state index in [1.54, 1.807) is 0 Å². The Labute approximate surface area is 118 Å². The number of nitrogens with zero attached hydrogens (tertiary/aromatic N) is 2. The van der Waals surface area contributed by atoms with Crippen LogP contribution < -0.4 is 0 Å². The van der Waals surface area contributed by atoms with Crippen LogP contribution in [0.4, 0.5) is 13.2 Å². The molecule has 1 aromatic heterocycles. The number of carbonyl (C=O) groups is 2. The number of rotatable bonds is 2. The SMILES string of the molecule is C[C@]1(C(=O)O)CCN(C(=O)c2ccc(C(F)(F)F)nc2)C1. The minimum Gasteiger partial charge on any atom is -0.481 e. The van der Waals surface area contributed by atoms with Crippen LogP contribution in [0.25, 0.3) is 0 Å². The first-order valence-electron chi connectivity index (χ1n) is 6.19.